The highest BCUT2D eigenvalue weighted by Crippen LogP contribution is 2.47. The summed E-state index contributed by atoms with van der Waals surface area (Å²) in [5.41, 5.74) is 0.654. The van der Waals surface area contributed by atoms with Gasteiger partial charge < -0.3 is 10.1 Å². The Hall–Kier alpha value is -0.0800. The van der Waals surface area contributed by atoms with Crippen LogP contribution in [-0.4, -0.2) is 25.3 Å². The second-order valence-corrected chi connectivity index (χ2v) is 6.89. The molecule has 0 saturated heterocycles. The third-order valence-electron chi connectivity index (χ3n) is 3.75. The van der Waals surface area contributed by atoms with E-state index in [1.807, 2.05) is 0 Å². The molecule has 0 spiro atoms. The van der Waals surface area contributed by atoms with Crippen LogP contribution in [0.3, 0.4) is 0 Å². The van der Waals surface area contributed by atoms with E-state index in [0.717, 1.165) is 32.1 Å². The van der Waals surface area contributed by atoms with Crippen LogP contribution in [0.5, 0.6) is 0 Å². The summed E-state index contributed by atoms with van der Waals surface area (Å²) in [6.07, 6.45) is 5.15. The summed E-state index contributed by atoms with van der Waals surface area (Å²) in [6, 6.07) is 0. The molecule has 0 radical (unpaired) electrons. The van der Waals surface area contributed by atoms with Crippen molar-refractivity contribution in [3.05, 3.63) is 0 Å². The monoisotopic (exact) mass is 241 g/mol. The molecule has 0 heterocycles. The molecule has 1 saturated carbocycles. The van der Waals surface area contributed by atoms with Crippen LogP contribution in [0.15, 0.2) is 0 Å². The molecule has 1 atom stereocenters. The highest BCUT2D eigenvalue weighted by atomic mass is 16.5. The molecule has 0 aromatic rings. The van der Waals surface area contributed by atoms with Gasteiger partial charge in [-0.2, -0.15) is 0 Å². The van der Waals surface area contributed by atoms with E-state index in [9.17, 15) is 0 Å². The molecular formula is C15H31NO. The molecule has 1 unspecified atom stereocenters. The predicted molar refractivity (Wildman–Crippen MR) is 74.3 cm³/mol. The van der Waals surface area contributed by atoms with Crippen LogP contribution in [-0.2, 0) is 4.74 Å². The molecule has 0 aromatic heterocycles. The summed E-state index contributed by atoms with van der Waals surface area (Å²) < 4.78 is 5.66. The Balaban J connectivity index is 2.34. The average molecular weight is 241 g/mol. The first kappa shape index (κ1) is 15.0. The fraction of sp³-hybridized carbons (Fsp3) is 1.00. The summed E-state index contributed by atoms with van der Waals surface area (Å²) in [5.74, 6) is 0.919. The highest BCUT2D eigenvalue weighted by Gasteiger charge is 2.41. The van der Waals surface area contributed by atoms with Gasteiger partial charge in [0.1, 0.15) is 0 Å². The maximum Gasteiger partial charge on any atom is 0.0471 e. The number of hydrogen-bond donors (Lipinski definition) is 1. The third kappa shape index (κ3) is 5.87. The second-order valence-electron chi connectivity index (χ2n) is 6.89. The van der Waals surface area contributed by atoms with Gasteiger partial charge in [-0.3, -0.25) is 0 Å². The number of rotatable bonds is 8. The first-order chi connectivity index (χ1) is 7.87. The van der Waals surface area contributed by atoms with E-state index in [0.29, 0.717) is 5.41 Å². The Morgan fingerprint density at radius 2 is 1.76 bits per heavy atom. The van der Waals surface area contributed by atoms with Crippen LogP contribution in [0.25, 0.3) is 0 Å². The molecule has 102 valence electrons. The molecule has 0 amide bonds. The molecule has 1 aliphatic carbocycles. The van der Waals surface area contributed by atoms with Crippen molar-refractivity contribution >= 4 is 0 Å². The van der Waals surface area contributed by atoms with Crippen LogP contribution < -0.4 is 5.32 Å². The molecular weight excluding hydrogens is 210 g/mol. The van der Waals surface area contributed by atoms with Crippen molar-refractivity contribution in [2.45, 2.75) is 65.8 Å². The van der Waals surface area contributed by atoms with Crippen LogP contribution >= 0.6 is 0 Å². The van der Waals surface area contributed by atoms with E-state index < -0.39 is 0 Å². The van der Waals surface area contributed by atoms with E-state index >= 15 is 0 Å². The maximum atomic E-state index is 5.66. The summed E-state index contributed by atoms with van der Waals surface area (Å²) in [5, 5.41) is 3.67. The quantitative estimate of drug-likeness (QED) is 0.656. The summed E-state index contributed by atoms with van der Waals surface area (Å²) in [4.78, 5) is 0. The first-order valence-corrected chi connectivity index (χ1v) is 7.20. The molecule has 0 aliphatic heterocycles. The van der Waals surface area contributed by atoms with Crippen molar-refractivity contribution in [2.24, 2.45) is 11.3 Å². The fourth-order valence-corrected chi connectivity index (χ4v) is 2.24. The zero-order chi connectivity index (χ0) is 12.9. The zero-order valence-corrected chi connectivity index (χ0v) is 12.4. The smallest absolute Gasteiger partial charge is 0.0471 e. The maximum absolute atomic E-state index is 5.66. The van der Waals surface area contributed by atoms with Crippen LogP contribution in [0.2, 0.25) is 0 Å². The van der Waals surface area contributed by atoms with Crippen molar-refractivity contribution in [3.8, 4) is 0 Å². The molecule has 1 aliphatic rings. The van der Waals surface area contributed by atoms with Gasteiger partial charge in [-0.1, -0.05) is 13.8 Å². The first-order valence-electron chi connectivity index (χ1n) is 7.20. The predicted octanol–water partition coefficient (Wildman–Crippen LogP) is 3.61. The van der Waals surface area contributed by atoms with Crippen LogP contribution in [0.1, 0.15) is 60.3 Å². The van der Waals surface area contributed by atoms with Crippen LogP contribution in [0, 0.1) is 11.3 Å². The molecule has 2 nitrogen and oxygen atoms in total. The zero-order valence-electron chi connectivity index (χ0n) is 12.4. The summed E-state index contributed by atoms with van der Waals surface area (Å²) >= 11 is 0. The van der Waals surface area contributed by atoms with Gasteiger partial charge in [-0.25, -0.2) is 0 Å². The van der Waals surface area contributed by atoms with E-state index in [2.05, 4.69) is 39.9 Å². The Morgan fingerprint density at radius 1 is 1.12 bits per heavy atom. The fourth-order valence-electron chi connectivity index (χ4n) is 2.24. The lowest BCUT2D eigenvalue weighted by atomic mass is 9.81. The van der Waals surface area contributed by atoms with Gasteiger partial charge in [-0.15, -0.1) is 0 Å². The van der Waals surface area contributed by atoms with Crippen molar-refractivity contribution in [3.63, 3.8) is 0 Å². The number of nitrogens with one attached hydrogen (secondary N) is 1. The summed E-state index contributed by atoms with van der Waals surface area (Å²) in [7, 11) is 0. The minimum Gasteiger partial charge on any atom is -0.381 e. The molecule has 0 aromatic carbocycles. The van der Waals surface area contributed by atoms with Gasteiger partial charge in [0.05, 0.1) is 0 Å². The van der Waals surface area contributed by atoms with E-state index in [4.69, 9.17) is 4.74 Å². The van der Waals surface area contributed by atoms with E-state index in [1.165, 1.54) is 19.3 Å². The molecule has 1 N–H and O–H groups in total. The van der Waals surface area contributed by atoms with Gasteiger partial charge in [0.2, 0.25) is 0 Å². The van der Waals surface area contributed by atoms with Gasteiger partial charge in [0.25, 0.3) is 0 Å². The number of hydrogen-bond acceptors (Lipinski definition) is 2. The van der Waals surface area contributed by atoms with Gasteiger partial charge in [0, 0.05) is 25.3 Å². The van der Waals surface area contributed by atoms with Gasteiger partial charge >= 0.3 is 0 Å². The molecule has 17 heavy (non-hydrogen) atoms. The highest BCUT2D eigenvalue weighted by molar-refractivity contribution is 4.93. The summed E-state index contributed by atoms with van der Waals surface area (Å²) in [6.45, 7) is 14.3. The SMILES string of the molecule is CCCOCCC(C)(CNC(C)(C)C)C1CC1. The molecule has 1 fully saturated rings. The molecule has 2 heteroatoms. The topological polar surface area (TPSA) is 21.3 Å². The minimum atomic E-state index is 0.223. The Labute approximate surface area is 108 Å². The van der Waals surface area contributed by atoms with Crippen molar-refractivity contribution in [1.82, 2.24) is 5.32 Å². The minimum absolute atomic E-state index is 0.223. The van der Waals surface area contributed by atoms with Crippen molar-refractivity contribution in [1.29, 1.82) is 0 Å². The van der Waals surface area contributed by atoms with Gasteiger partial charge in [0.15, 0.2) is 0 Å². The third-order valence-corrected chi connectivity index (χ3v) is 3.75. The van der Waals surface area contributed by atoms with E-state index in [-0.39, 0.29) is 5.54 Å². The lowest BCUT2D eigenvalue weighted by Crippen LogP contribution is -2.44. The number of ether oxygens (including phenoxy) is 1. The van der Waals surface area contributed by atoms with Crippen LogP contribution in [0.4, 0.5) is 0 Å². The second kappa shape index (κ2) is 6.19. The average Bonchev–Trinajstić information content (AvgIpc) is 3.04. The lowest BCUT2D eigenvalue weighted by molar-refractivity contribution is 0.0871. The Bertz CT molecular complexity index is 217. The normalized spacial score (nSPS) is 20.3. The lowest BCUT2D eigenvalue weighted by Gasteiger charge is -2.34. The van der Waals surface area contributed by atoms with Crippen molar-refractivity contribution in [2.75, 3.05) is 19.8 Å². The van der Waals surface area contributed by atoms with Crippen molar-refractivity contribution < 1.29 is 4.74 Å². The Morgan fingerprint density at radius 3 is 2.24 bits per heavy atom. The largest absolute Gasteiger partial charge is 0.381 e. The van der Waals surface area contributed by atoms with E-state index in [1.54, 1.807) is 0 Å². The molecule has 0 bridgehead atoms. The van der Waals surface area contributed by atoms with Gasteiger partial charge in [-0.05, 0) is 57.8 Å². The standard InChI is InChI=1S/C15H31NO/c1-6-10-17-11-9-15(5,13-7-8-13)12-16-14(2,3)4/h13,16H,6-12H2,1-5H3. The Kier molecular flexibility index (Phi) is 5.46. The molecule has 1 rings (SSSR count).